The molecule has 1 N–H and O–H groups in total. The van der Waals surface area contributed by atoms with Gasteiger partial charge < -0.3 is 14.5 Å². The fourth-order valence-electron chi connectivity index (χ4n) is 1.47. The lowest BCUT2D eigenvalue weighted by atomic mass is 9.99. The van der Waals surface area contributed by atoms with Gasteiger partial charge in [-0.1, -0.05) is 0 Å². The van der Waals surface area contributed by atoms with E-state index < -0.39 is 5.54 Å². The third kappa shape index (κ3) is 1.69. The molecule has 5 heteroatoms. The minimum atomic E-state index is -0.554. The molecule has 0 radical (unpaired) electrons. The number of morpholine rings is 1. The largest absolute Gasteiger partial charge is 0.452 e. The third-order valence-electron chi connectivity index (χ3n) is 2.16. The van der Waals surface area contributed by atoms with Gasteiger partial charge in [-0.25, -0.2) is 0 Å². The molecular weight excluding hydrogens is 250 g/mol. The summed E-state index contributed by atoms with van der Waals surface area (Å²) in [6.45, 7) is 2.42. The van der Waals surface area contributed by atoms with Gasteiger partial charge in [0.05, 0.1) is 6.61 Å². The molecule has 0 spiro atoms. The first kappa shape index (κ1) is 9.73. The number of hydrogen-bond acceptors (Lipinski definition) is 3. The van der Waals surface area contributed by atoms with E-state index in [0.29, 0.717) is 17.0 Å². The molecule has 1 amide bonds. The molecule has 1 fully saturated rings. The molecule has 0 aromatic carbocycles. The molecule has 1 saturated heterocycles. The maximum absolute atomic E-state index is 11.2. The molecule has 14 heavy (non-hydrogen) atoms. The Morgan fingerprint density at radius 3 is 2.93 bits per heavy atom. The zero-order valence-electron chi connectivity index (χ0n) is 7.67. The van der Waals surface area contributed by atoms with Gasteiger partial charge in [0.15, 0.2) is 4.67 Å². The molecule has 1 aliphatic heterocycles. The van der Waals surface area contributed by atoms with Gasteiger partial charge in [-0.2, -0.15) is 0 Å². The summed E-state index contributed by atoms with van der Waals surface area (Å²) in [5.41, 5.74) is -0.554. The summed E-state index contributed by atoms with van der Waals surface area (Å²) >= 11 is 3.22. The number of furan rings is 1. The summed E-state index contributed by atoms with van der Waals surface area (Å²) in [7, 11) is 0. The van der Waals surface area contributed by atoms with Gasteiger partial charge in [-0.05, 0) is 35.0 Å². The maximum Gasteiger partial charge on any atom is 0.246 e. The lowest BCUT2D eigenvalue weighted by Crippen LogP contribution is -2.52. The number of halogens is 1. The SMILES string of the molecule is CC1(c2ccc(Br)o2)COCC(=O)N1. The van der Waals surface area contributed by atoms with E-state index in [0.717, 1.165) is 0 Å². The summed E-state index contributed by atoms with van der Waals surface area (Å²) < 4.78 is 11.2. The number of carbonyl (C=O) groups is 1. The quantitative estimate of drug-likeness (QED) is 0.830. The zero-order chi connectivity index (χ0) is 10.2. The second-order valence-electron chi connectivity index (χ2n) is 3.48. The lowest BCUT2D eigenvalue weighted by Gasteiger charge is -2.32. The topological polar surface area (TPSA) is 51.5 Å². The number of carbonyl (C=O) groups excluding carboxylic acids is 1. The Bertz CT molecular complexity index is 363. The normalized spacial score (nSPS) is 27.4. The van der Waals surface area contributed by atoms with Crippen LogP contribution in [0.3, 0.4) is 0 Å². The van der Waals surface area contributed by atoms with Gasteiger partial charge in [-0.3, -0.25) is 4.79 Å². The molecule has 1 aliphatic rings. The second-order valence-corrected chi connectivity index (χ2v) is 4.26. The predicted molar refractivity (Wildman–Crippen MR) is 52.7 cm³/mol. The zero-order valence-corrected chi connectivity index (χ0v) is 9.26. The Morgan fingerprint density at radius 1 is 1.57 bits per heavy atom. The van der Waals surface area contributed by atoms with Crippen molar-refractivity contribution in [2.45, 2.75) is 12.5 Å². The van der Waals surface area contributed by atoms with Gasteiger partial charge >= 0.3 is 0 Å². The molecule has 0 aliphatic carbocycles. The Hall–Kier alpha value is -0.810. The molecule has 1 unspecified atom stereocenters. The number of amides is 1. The highest BCUT2D eigenvalue weighted by atomic mass is 79.9. The summed E-state index contributed by atoms with van der Waals surface area (Å²) in [5.74, 6) is 0.573. The van der Waals surface area contributed by atoms with Gasteiger partial charge in [-0.15, -0.1) is 0 Å². The first-order valence-electron chi connectivity index (χ1n) is 4.25. The average Bonchev–Trinajstić information content (AvgIpc) is 2.52. The van der Waals surface area contributed by atoms with E-state index in [2.05, 4.69) is 21.2 Å². The first-order valence-corrected chi connectivity index (χ1v) is 5.04. The van der Waals surface area contributed by atoms with Crippen LogP contribution in [-0.4, -0.2) is 19.1 Å². The predicted octanol–water partition coefficient (Wildman–Crippen LogP) is 1.40. The van der Waals surface area contributed by atoms with Crippen molar-refractivity contribution in [2.75, 3.05) is 13.2 Å². The number of hydrogen-bond donors (Lipinski definition) is 1. The standard InChI is InChI=1S/C9H10BrNO3/c1-9(5-13-4-8(12)11-9)6-2-3-7(10)14-6/h2-3H,4-5H2,1H3,(H,11,12). The summed E-state index contributed by atoms with van der Waals surface area (Å²) in [6, 6.07) is 3.61. The second kappa shape index (κ2) is 3.40. The Labute approximate surface area is 89.7 Å². The average molecular weight is 260 g/mol. The van der Waals surface area contributed by atoms with Crippen LogP contribution in [0.15, 0.2) is 21.2 Å². The minimum absolute atomic E-state index is 0.119. The smallest absolute Gasteiger partial charge is 0.246 e. The molecule has 2 rings (SSSR count). The van der Waals surface area contributed by atoms with Crippen molar-refractivity contribution in [1.29, 1.82) is 0 Å². The van der Waals surface area contributed by atoms with Crippen LogP contribution >= 0.6 is 15.9 Å². The highest BCUT2D eigenvalue weighted by Gasteiger charge is 2.35. The monoisotopic (exact) mass is 259 g/mol. The van der Waals surface area contributed by atoms with Crippen molar-refractivity contribution in [3.8, 4) is 0 Å². The first-order chi connectivity index (χ1) is 6.60. The molecule has 1 atom stereocenters. The van der Waals surface area contributed by atoms with Crippen molar-refractivity contribution in [2.24, 2.45) is 0 Å². The summed E-state index contributed by atoms with van der Waals surface area (Å²) in [6.07, 6.45) is 0. The van der Waals surface area contributed by atoms with E-state index in [1.165, 1.54) is 0 Å². The van der Waals surface area contributed by atoms with Gasteiger partial charge in [0.1, 0.15) is 17.9 Å². The van der Waals surface area contributed by atoms with Crippen molar-refractivity contribution in [1.82, 2.24) is 5.32 Å². The molecule has 1 aromatic rings. The Balaban J connectivity index is 2.26. The highest BCUT2D eigenvalue weighted by molar-refractivity contribution is 9.10. The van der Waals surface area contributed by atoms with E-state index in [-0.39, 0.29) is 12.5 Å². The van der Waals surface area contributed by atoms with E-state index in [9.17, 15) is 4.79 Å². The Morgan fingerprint density at radius 2 is 2.36 bits per heavy atom. The van der Waals surface area contributed by atoms with Crippen LogP contribution in [0.5, 0.6) is 0 Å². The van der Waals surface area contributed by atoms with Crippen LogP contribution in [0.4, 0.5) is 0 Å². The fourth-order valence-corrected chi connectivity index (χ4v) is 1.78. The van der Waals surface area contributed by atoms with Crippen molar-refractivity contribution >= 4 is 21.8 Å². The van der Waals surface area contributed by atoms with Crippen LogP contribution < -0.4 is 5.32 Å². The lowest BCUT2D eigenvalue weighted by molar-refractivity contribution is -0.135. The van der Waals surface area contributed by atoms with Crippen LogP contribution in [-0.2, 0) is 15.1 Å². The fraction of sp³-hybridized carbons (Fsp3) is 0.444. The van der Waals surface area contributed by atoms with E-state index in [1.54, 1.807) is 6.07 Å². The van der Waals surface area contributed by atoms with Crippen LogP contribution in [0, 0.1) is 0 Å². The van der Waals surface area contributed by atoms with Gasteiger partial charge in [0.25, 0.3) is 0 Å². The Kier molecular flexibility index (Phi) is 2.36. The molecule has 2 heterocycles. The molecule has 76 valence electrons. The van der Waals surface area contributed by atoms with E-state index in [1.807, 2.05) is 13.0 Å². The van der Waals surface area contributed by atoms with Crippen molar-refractivity contribution < 1.29 is 13.9 Å². The molecule has 0 bridgehead atoms. The summed E-state index contributed by atoms with van der Waals surface area (Å²) in [4.78, 5) is 11.2. The summed E-state index contributed by atoms with van der Waals surface area (Å²) in [5, 5.41) is 2.84. The van der Waals surface area contributed by atoms with Crippen molar-refractivity contribution in [3.63, 3.8) is 0 Å². The van der Waals surface area contributed by atoms with Gasteiger partial charge in [0, 0.05) is 0 Å². The number of rotatable bonds is 1. The van der Waals surface area contributed by atoms with E-state index >= 15 is 0 Å². The highest BCUT2D eigenvalue weighted by Crippen LogP contribution is 2.27. The molecular formula is C9H10BrNO3. The minimum Gasteiger partial charge on any atom is -0.452 e. The van der Waals surface area contributed by atoms with Gasteiger partial charge in [0.2, 0.25) is 5.91 Å². The third-order valence-corrected chi connectivity index (χ3v) is 2.58. The number of ether oxygens (including phenoxy) is 1. The van der Waals surface area contributed by atoms with Crippen LogP contribution in [0.2, 0.25) is 0 Å². The van der Waals surface area contributed by atoms with E-state index in [4.69, 9.17) is 9.15 Å². The molecule has 1 aromatic heterocycles. The maximum atomic E-state index is 11.2. The van der Waals surface area contributed by atoms with Crippen molar-refractivity contribution in [3.05, 3.63) is 22.6 Å². The number of nitrogens with one attached hydrogen (secondary N) is 1. The molecule has 0 saturated carbocycles. The molecule has 4 nitrogen and oxygen atoms in total. The van der Waals surface area contributed by atoms with Crippen LogP contribution in [0.1, 0.15) is 12.7 Å². The van der Waals surface area contributed by atoms with Crippen LogP contribution in [0.25, 0.3) is 0 Å².